The molecule has 1 amide bonds. The van der Waals surface area contributed by atoms with Crippen molar-refractivity contribution in [3.8, 4) is 5.75 Å². The number of nitrogens with zero attached hydrogens (tertiary/aromatic N) is 3. The minimum Gasteiger partial charge on any atom is -0.484 e. The lowest BCUT2D eigenvalue weighted by Crippen LogP contribution is -2.49. The predicted molar refractivity (Wildman–Crippen MR) is 117 cm³/mol. The SMILES string of the molecule is CC(C)c1ccc(OCC(=O)N2CCN(Cc3nc4c(s3)C(=O)CCC4)CC2)cc1. The molecule has 0 saturated carbocycles. The Hall–Kier alpha value is -2.25. The number of hydrogen-bond acceptors (Lipinski definition) is 6. The smallest absolute Gasteiger partial charge is 0.260 e. The Morgan fingerprint density at radius 2 is 1.87 bits per heavy atom. The van der Waals surface area contributed by atoms with E-state index < -0.39 is 0 Å². The highest BCUT2D eigenvalue weighted by molar-refractivity contribution is 7.13. The minimum atomic E-state index is 0.0258. The van der Waals surface area contributed by atoms with Crippen LogP contribution in [0.15, 0.2) is 24.3 Å². The quantitative estimate of drug-likeness (QED) is 0.706. The van der Waals surface area contributed by atoms with Crippen LogP contribution in [0.1, 0.15) is 58.5 Å². The predicted octanol–water partition coefficient (Wildman–Crippen LogP) is 3.51. The van der Waals surface area contributed by atoms with Gasteiger partial charge in [0.05, 0.1) is 17.1 Å². The van der Waals surface area contributed by atoms with Crippen LogP contribution in [0.2, 0.25) is 0 Å². The monoisotopic (exact) mass is 427 g/mol. The molecule has 0 unspecified atom stereocenters. The zero-order valence-electron chi connectivity index (χ0n) is 17.7. The molecule has 0 radical (unpaired) electrons. The molecule has 1 saturated heterocycles. The van der Waals surface area contributed by atoms with E-state index in [1.54, 1.807) is 11.3 Å². The molecular weight excluding hydrogens is 398 g/mol. The molecular formula is C23H29N3O3S. The van der Waals surface area contributed by atoms with Gasteiger partial charge < -0.3 is 9.64 Å². The van der Waals surface area contributed by atoms with Gasteiger partial charge >= 0.3 is 0 Å². The van der Waals surface area contributed by atoms with Crippen molar-refractivity contribution >= 4 is 23.0 Å². The second-order valence-electron chi connectivity index (χ2n) is 8.33. The van der Waals surface area contributed by atoms with Crippen molar-refractivity contribution in [2.75, 3.05) is 32.8 Å². The van der Waals surface area contributed by atoms with E-state index in [9.17, 15) is 9.59 Å². The minimum absolute atomic E-state index is 0.0258. The van der Waals surface area contributed by atoms with Gasteiger partial charge in [0.1, 0.15) is 10.8 Å². The number of amides is 1. The topological polar surface area (TPSA) is 62.7 Å². The number of carbonyl (C=O) groups excluding carboxylic acids is 2. The van der Waals surface area contributed by atoms with Crippen molar-refractivity contribution in [3.05, 3.63) is 45.4 Å². The number of aromatic nitrogens is 1. The van der Waals surface area contributed by atoms with Crippen LogP contribution in [-0.4, -0.2) is 59.3 Å². The molecule has 1 aliphatic carbocycles. The van der Waals surface area contributed by atoms with Crippen molar-refractivity contribution in [2.24, 2.45) is 0 Å². The van der Waals surface area contributed by atoms with E-state index in [-0.39, 0.29) is 18.3 Å². The number of thiazole rings is 1. The van der Waals surface area contributed by atoms with Crippen LogP contribution >= 0.6 is 11.3 Å². The first-order valence-electron chi connectivity index (χ1n) is 10.7. The van der Waals surface area contributed by atoms with E-state index in [2.05, 4.69) is 23.7 Å². The van der Waals surface area contributed by atoms with Gasteiger partial charge in [-0.3, -0.25) is 14.5 Å². The van der Waals surface area contributed by atoms with Crippen LogP contribution < -0.4 is 4.74 Å². The maximum Gasteiger partial charge on any atom is 0.260 e. The number of carbonyl (C=O) groups is 2. The maximum atomic E-state index is 12.5. The number of piperazine rings is 1. The lowest BCUT2D eigenvalue weighted by molar-refractivity contribution is -0.135. The summed E-state index contributed by atoms with van der Waals surface area (Å²) < 4.78 is 5.69. The molecule has 2 heterocycles. The Balaban J connectivity index is 1.23. The van der Waals surface area contributed by atoms with Crippen LogP contribution in [0, 0.1) is 0 Å². The van der Waals surface area contributed by atoms with Crippen molar-refractivity contribution < 1.29 is 14.3 Å². The first-order chi connectivity index (χ1) is 14.5. The fourth-order valence-corrected chi connectivity index (χ4v) is 5.04. The van der Waals surface area contributed by atoms with Crippen molar-refractivity contribution in [3.63, 3.8) is 0 Å². The average molecular weight is 428 g/mol. The summed E-state index contributed by atoms with van der Waals surface area (Å²) in [5.41, 5.74) is 2.24. The molecule has 30 heavy (non-hydrogen) atoms. The number of hydrogen-bond donors (Lipinski definition) is 0. The van der Waals surface area contributed by atoms with E-state index in [0.29, 0.717) is 25.4 Å². The van der Waals surface area contributed by atoms with Gasteiger partial charge in [-0.1, -0.05) is 26.0 Å². The molecule has 0 bridgehead atoms. The van der Waals surface area contributed by atoms with Gasteiger partial charge in [-0.05, 0) is 36.5 Å². The fourth-order valence-electron chi connectivity index (χ4n) is 3.92. The van der Waals surface area contributed by atoms with Gasteiger partial charge in [-0.15, -0.1) is 11.3 Å². The highest BCUT2D eigenvalue weighted by atomic mass is 32.1. The number of benzene rings is 1. The fraction of sp³-hybridized carbons (Fsp3) is 0.522. The number of fused-ring (bicyclic) bond motifs is 1. The van der Waals surface area contributed by atoms with E-state index in [4.69, 9.17) is 4.74 Å². The molecule has 2 aliphatic rings. The zero-order chi connectivity index (χ0) is 21.1. The van der Waals surface area contributed by atoms with E-state index >= 15 is 0 Å². The Labute approximate surface area is 181 Å². The molecule has 0 N–H and O–H groups in total. The number of rotatable bonds is 6. The largest absolute Gasteiger partial charge is 0.484 e. The van der Waals surface area contributed by atoms with Crippen molar-refractivity contribution in [1.29, 1.82) is 0 Å². The third kappa shape index (κ3) is 4.90. The highest BCUT2D eigenvalue weighted by Gasteiger charge is 2.25. The van der Waals surface area contributed by atoms with Crippen LogP contribution in [-0.2, 0) is 17.8 Å². The Bertz CT molecular complexity index is 899. The van der Waals surface area contributed by atoms with Crippen LogP contribution in [0.4, 0.5) is 0 Å². The maximum absolute atomic E-state index is 12.5. The van der Waals surface area contributed by atoms with Crippen LogP contribution in [0.3, 0.4) is 0 Å². The zero-order valence-corrected chi connectivity index (χ0v) is 18.5. The summed E-state index contributed by atoms with van der Waals surface area (Å²) in [4.78, 5) is 34.3. The molecule has 0 atom stereocenters. The molecule has 0 spiro atoms. The standard InChI is InChI=1S/C23H29N3O3S/c1-16(2)17-6-8-18(9-7-17)29-15-22(28)26-12-10-25(11-13-26)14-21-24-19-4-3-5-20(27)23(19)30-21/h6-9,16H,3-5,10-15H2,1-2H3. The summed E-state index contributed by atoms with van der Waals surface area (Å²) in [5, 5.41) is 1.02. The van der Waals surface area contributed by atoms with Gasteiger partial charge in [-0.25, -0.2) is 4.98 Å². The molecule has 6 nitrogen and oxygen atoms in total. The number of ether oxygens (including phenoxy) is 1. The second-order valence-corrected chi connectivity index (χ2v) is 9.41. The Kier molecular flexibility index (Phi) is 6.49. The molecule has 1 aromatic heterocycles. The first-order valence-corrected chi connectivity index (χ1v) is 11.6. The molecule has 1 fully saturated rings. The normalized spacial score (nSPS) is 17.3. The van der Waals surface area contributed by atoms with Gasteiger partial charge in [0, 0.05) is 32.6 Å². The van der Waals surface area contributed by atoms with Gasteiger partial charge in [-0.2, -0.15) is 0 Å². The third-order valence-electron chi connectivity index (χ3n) is 5.81. The van der Waals surface area contributed by atoms with E-state index in [1.807, 2.05) is 29.2 Å². The molecule has 160 valence electrons. The summed E-state index contributed by atoms with van der Waals surface area (Å²) >= 11 is 1.55. The molecule has 4 rings (SSSR count). The molecule has 2 aromatic rings. The molecule has 1 aliphatic heterocycles. The lowest BCUT2D eigenvalue weighted by Gasteiger charge is -2.34. The summed E-state index contributed by atoms with van der Waals surface area (Å²) in [7, 11) is 0. The van der Waals surface area contributed by atoms with Gasteiger partial charge in [0.25, 0.3) is 5.91 Å². The third-order valence-corrected chi connectivity index (χ3v) is 6.93. The summed E-state index contributed by atoms with van der Waals surface area (Å²) in [6.07, 6.45) is 2.49. The second kappa shape index (κ2) is 9.27. The number of aryl methyl sites for hydroxylation is 1. The summed E-state index contributed by atoms with van der Waals surface area (Å²) in [6, 6.07) is 7.96. The Morgan fingerprint density at radius 1 is 1.13 bits per heavy atom. The number of Topliss-reactive ketones (excluding diaryl/α,β-unsaturated/α-hetero) is 1. The average Bonchev–Trinajstić information content (AvgIpc) is 3.17. The van der Waals surface area contributed by atoms with Crippen LogP contribution in [0.25, 0.3) is 0 Å². The van der Waals surface area contributed by atoms with Gasteiger partial charge in [0.2, 0.25) is 0 Å². The van der Waals surface area contributed by atoms with Crippen molar-refractivity contribution in [1.82, 2.24) is 14.8 Å². The summed E-state index contributed by atoms with van der Waals surface area (Å²) in [5.74, 6) is 1.48. The Morgan fingerprint density at radius 3 is 2.53 bits per heavy atom. The summed E-state index contributed by atoms with van der Waals surface area (Å²) in [6.45, 7) is 8.15. The van der Waals surface area contributed by atoms with E-state index in [1.165, 1.54) is 5.56 Å². The van der Waals surface area contributed by atoms with Crippen LogP contribution in [0.5, 0.6) is 5.75 Å². The van der Waals surface area contributed by atoms with Gasteiger partial charge in [0.15, 0.2) is 12.4 Å². The first kappa shape index (κ1) is 21.0. The molecule has 1 aromatic carbocycles. The highest BCUT2D eigenvalue weighted by Crippen LogP contribution is 2.27. The van der Waals surface area contributed by atoms with E-state index in [0.717, 1.165) is 53.8 Å². The van der Waals surface area contributed by atoms with Crippen molar-refractivity contribution in [2.45, 2.75) is 45.6 Å². The molecule has 7 heteroatoms. The number of ketones is 1. The lowest BCUT2D eigenvalue weighted by atomic mass is 10.0.